The predicted octanol–water partition coefficient (Wildman–Crippen LogP) is 2.39. The molecule has 0 amide bonds. The lowest BCUT2D eigenvalue weighted by molar-refractivity contribution is -0.141. The number of alkyl halides is 3. The zero-order valence-electron chi connectivity index (χ0n) is 10.9. The Morgan fingerprint density at radius 2 is 2.19 bits per heavy atom. The van der Waals surface area contributed by atoms with E-state index in [4.69, 9.17) is 0 Å². The van der Waals surface area contributed by atoms with Gasteiger partial charge >= 0.3 is 6.18 Å². The van der Waals surface area contributed by atoms with Crippen LogP contribution in [0, 0.1) is 6.92 Å². The summed E-state index contributed by atoms with van der Waals surface area (Å²) in [5, 5.41) is 13.2. The van der Waals surface area contributed by atoms with Crippen LogP contribution >= 0.6 is 0 Å². The molecule has 0 aliphatic rings. The molecule has 6 nitrogen and oxygen atoms in total. The molecule has 0 aliphatic heterocycles. The Labute approximate surface area is 117 Å². The van der Waals surface area contributed by atoms with E-state index in [-0.39, 0.29) is 5.52 Å². The fourth-order valence-corrected chi connectivity index (χ4v) is 1.93. The molecule has 0 radical (unpaired) electrons. The Morgan fingerprint density at radius 1 is 1.38 bits per heavy atom. The first-order valence-electron chi connectivity index (χ1n) is 6.09. The summed E-state index contributed by atoms with van der Waals surface area (Å²) in [5.41, 5.74) is 1.12. The van der Waals surface area contributed by atoms with Gasteiger partial charge in [0.25, 0.3) is 0 Å². The summed E-state index contributed by atoms with van der Waals surface area (Å²) >= 11 is 0. The SMILES string of the molecule is Cc1[nH]ncc1CNc1nccn2nc(C(F)(F)F)cc12. The standard InChI is InChI=1S/C12H11F3N6/c1-7-8(6-18-19-7)5-17-11-9-4-10(12(13,14)15)20-21(9)3-2-16-11/h2-4,6H,5H2,1H3,(H,16,17)(H,18,19). The van der Waals surface area contributed by atoms with Crippen molar-refractivity contribution in [3.8, 4) is 0 Å². The summed E-state index contributed by atoms with van der Waals surface area (Å²) in [6.07, 6.45) is -0.0615. The van der Waals surface area contributed by atoms with Crippen LogP contribution in [0.1, 0.15) is 17.0 Å². The lowest BCUT2D eigenvalue weighted by Crippen LogP contribution is -2.05. The predicted molar refractivity (Wildman–Crippen MR) is 68.6 cm³/mol. The van der Waals surface area contributed by atoms with Crippen molar-refractivity contribution in [3.05, 3.63) is 41.6 Å². The summed E-state index contributed by atoms with van der Waals surface area (Å²) in [6.45, 7) is 2.26. The Kier molecular flexibility index (Phi) is 3.04. The summed E-state index contributed by atoms with van der Waals surface area (Å²) in [4.78, 5) is 4.06. The minimum absolute atomic E-state index is 0.269. The van der Waals surface area contributed by atoms with Crippen molar-refractivity contribution in [3.63, 3.8) is 0 Å². The van der Waals surface area contributed by atoms with Gasteiger partial charge in [-0.3, -0.25) is 5.10 Å². The average molecular weight is 296 g/mol. The van der Waals surface area contributed by atoms with Crippen molar-refractivity contribution >= 4 is 11.3 Å². The summed E-state index contributed by atoms with van der Waals surface area (Å²) in [6, 6.07) is 0.970. The van der Waals surface area contributed by atoms with Crippen LogP contribution in [-0.2, 0) is 12.7 Å². The van der Waals surface area contributed by atoms with Gasteiger partial charge in [0, 0.05) is 36.3 Å². The second kappa shape index (κ2) is 4.76. The van der Waals surface area contributed by atoms with E-state index < -0.39 is 11.9 Å². The van der Waals surface area contributed by atoms with Gasteiger partial charge in [0.05, 0.1) is 6.20 Å². The molecule has 9 heteroatoms. The molecule has 3 aromatic rings. The van der Waals surface area contributed by atoms with Crippen molar-refractivity contribution in [2.75, 3.05) is 5.32 Å². The maximum atomic E-state index is 12.7. The number of fused-ring (bicyclic) bond motifs is 1. The van der Waals surface area contributed by atoms with Gasteiger partial charge in [0.15, 0.2) is 11.5 Å². The van der Waals surface area contributed by atoms with Crippen molar-refractivity contribution in [1.29, 1.82) is 0 Å². The zero-order valence-corrected chi connectivity index (χ0v) is 10.9. The number of H-pyrrole nitrogens is 1. The van der Waals surface area contributed by atoms with Crippen LogP contribution in [0.3, 0.4) is 0 Å². The smallest absolute Gasteiger partial charge is 0.364 e. The van der Waals surface area contributed by atoms with Crippen LogP contribution in [0.2, 0.25) is 0 Å². The number of hydrogen-bond acceptors (Lipinski definition) is 4. The summed E-state index contributed by atoms with van der Waals surface area (Å²) in [7, 11) is 0. The molecule has 3 rings (SSSR count). The van der Waals surface area contributed by atoms with Crippen molar-refractivity contribution in [2.24, 2.45) is 0 Å². The third-order valence-electron chi connectivity index (χ3n) is 3.06. The highest BCUT2D eigenvalue weighted by Gasteiger charge is 2.34. The molecule has 3 aromatic heterocycles. The summed E-state index contributed by atoms with van der Waals surface area (Å²) in [5.74, 6) is 0.334. The minimum Gasteiger partial charge on any atom is -0.364 e. The molecular weight excluding hydrogens is 285 g/mol. The van der Waals surface area contributed by atoms with Crippen LogP contribution in [0.25, 0.3) is 5.52 Å². The first-order valence-corrected chi connectivity index (χ1v) is 6.09. The number of halogens is 3. The Bertz CT molecular complexity index is 773. The number of aromatic nitrogens is 5. The van der Waals surface area contributed by atoms with Crippen molar-refractivity contribution < 1.29 is 13.2 Å². The zero-order chi connectivity index (χ0) is 15.0. The van der Waals surface area contributed by atoms with Crippen LogP contribution in [0.15, 0.2) is 24.7 Å². The molecule has 0 saturated heterocycles. The van der Waals surface area contributed by atoms with Gasteiger partial charge in [-0.1, -0.05) is 0 Å². The minimum atomic E-state index is -4.48. The van der Waals surface area contributed by atoms with E-state index in [2.05, 4.69) is 25.6 Å². The highest BCUT2D eigenvalue weighted by molar-refractivity contribution is 5.68. The molecule has 21 heavy (non-hydrogen) atoms. The molecule has 110 valence electrons. The molecule has 0 aromatic carbocycles. The van der Waals surface area contributed by atoms with Crippen molar-refractivity contribution in [2.45, 2.75) is 19.6 Å². The Balaban J connectivity index is 1.92. The van der Waals surface area contributed by atoms with E-state index in [1.807, 2.05) is 6.92 Å². The largest absolute Gasteiger partial charge is 0.435 e. The maximum Gasteiger partial charge on any atom is 0.435 e. The van der Waals surface area contributed by atoms with Crippen LogP contribution in [0.4, 0.5) is 19.0 Å². The first kappa shape index (κ1) is 13.4. The van der Waals surface area contributed by atoms with E-state index in [0.717, 1.165) is 21.8 Å². The number of rotatable bonds is 3. The van der Waals surface area contributed by atoms with Gasteiger partial charge in [-0.05, 0) is 6.92 Å². The average Bonchev–Trinajstić information content (AvgIpc) is 3.02. The molecule has 0 spiro atoms. The molecule has 0 fully saturated rings. The lowest BCUT2D eigenvalue weighted by atomic mass is 10.2. The second-order valence-electron chi connectivity index (χ2n) is 4.51. The van der Waals surface area contributed by atoms with Gasteiger partial charge < -0.3 is 5.32 Å². The highest BCUT2D eigenvalue weighted by Crippen LogP contribution is 2.30. The molecule has 0 aliphatic carbocycles. The highest BCUT2D eigenvalue weighted by atomic mass is 19.4. The van der Waals surface area contributed by atoms with Gasteiger partial charge in [-0.25, -0.2) is 9.50 Å². The van der Waals surface area contributed by atoms with Crippen LogP contribution in [0.5, 0.6) is 0 Å². The normalized spacial score (nSPS) is 12.0. The number of aryl methyl sites for hydroxylation is 1. The van der Waals surface area contributed by atoms with E-state index in [9.17, 15) is 13.2 Å². The first-order chi connectivity index (χ1) is 9.95. The molecule has 0 bridgehead atoms. The molecule has 2 N–H and O–H groups in total. The molecule has 0 saturated carbocycles. The van der Waals surface area contributed by atoms with E-state index in [0.29, 0.717) is 12.4 Å². The molecular formula is C12H11F3N6. The third-order valence-corrected chi connectivity index (χ3v) is 3.06. The Hall–Kier alpha value is -2.58. The quantitative estimate of drug-likeness (QED) is 0.778. The number of nitrogens with one attached hydrogen (secondary N) is 2. The lowest BCUT2D eigenvalue weighted by Gasteiger charge is -2.05. The number of hydrogen-bond donors (Lipinski definition) is 2. The fraction of sp³-hybridized carbons (Fsp3) is 0.250. The van der Waals surface area contributed by atoms with Crippen LogP contribution in [-0.4, -0.2) is 24.8 Å². The number of anilines is 1. The van der Waals surface area contributed by atoms with Gasteiger partial charge in [-0.15, -0.1) is 0 Å². The van der Waals surface area contributed by atoms with E-state index in [1.165, 1.54) is 12.4 Å². The van der Waals surface area contributed by atoms with E-state index in [1.54, 1.807) is 6.20 Å². The summed E-state index contributed by atoms with van der Waals surface area (Å²) < 4.78 is 39.2. The third kappa shape index (κ3) is 2.54. The van der Waals surface area contributed by atoms with Crippen molar-refractivity contribution in [1.82, 2.24) is 24.8 Å². The van der Waals surface area contributed by atoms with Gasteiger partial charge in [0.2, 0.25) is 0 Å². The topological polar surface area (TPSA) is 70.9 Å². The van der Waals surface area contributed by atoms with Crippen LogP contribution < -0.4 is 5.32 Å². The van der Waals surface area contributed by atoms with Gasteiger partial charge in [0.1, 0.15) is 5.52 Å². The van der Waals surface area contributed by atoms with Gasteiger partial charge in [-0.2, -0.15) is 23.4 Å². The maximum absolute atomic E-state index is 12.7. The molecule has 0 unspecified atom stereocenters. The number of aromatic amines is 1. The molecule has 0 atom stereocenters. The second-order valence-corrected chi connectivity index (χ2v) is 4.51. The number of nitrogens with zero attached hydrogens (tertiary/aromatic N) is 4. The monoisotopic (exact) mass is 296 g/mol. The van der Waals surface area contributed by atoms with E-state index >= 15 is 0 Å². The molecule has 3 heterocycles. The Morgan fingerprint density at radius 3 is 2.86 bits per heavy atom. The fourth-order valence-electron chi connectivity index (χ4n) is 1.93.